The number of hydrogen-bond donors (Lipinski definition) is 0. The minimum atomic E-state index is -4.65. The van der Waals surface area contributed by atoms with Crippen LogP contribution >= 0.6 is 0 Å². The SMILES string of the molecule is CN(C)c1cc(C(F)(F)F)nc(N(C)Cc2nccn2C(F)F)n1. The molecule has 0 atom stereocenters. The van der Waals surface area contributed by atoms with E-state index in [0.29, 0.717) is 4.57 Å². The molecule has 2 heterocycles. The van der Waals surface area contributed by atoms with Crippen LogP contribution in [0, 0.1) is 0 Å². The first-order chi connectivity index (χ1) is 11.1. The maximum atomic E-state index is 13.0. The van der Waals surface area contributed by atoms with E-state index in [1.165, 1.54) is 37.1 Å². The van der Waals surface area contributed by atoms with Crippen molar-refractivity contribution in [1.82, 2.24) is 19.5 Å². The molecule has 2 aromatic rings. The maximum Gasteiger partial charge on any atom is 0.433 e. The van der Waals surface area contributed by atoms with Gasteiger partial charge in [-0.2, -0.15) is 26.9 Å². The Morgan fingerprint density at radius 3 is 2.38 bits per heavy atom. The van der Waals surface area contributed by atoms with E-state index in [2.05, 4.69) is 15.0 Å². The fourth-order valence-corrected chi connectivity index (χ4v) is 1.89. The molecule has 24 heavy (non-hydrogen) atoms. The molecule has 0 aliphatic rings. The van der Waals surface area contributed by atoms with Gasteiger partial charge >= 0.3 is 12.7 Å². The van der Waals surface area contributed by atoms with Gasteiger partial charge in [-0.1, -0.05) is 0 Å². The summed E-state index contributed by atoms with van der Waals surface area (Å²) < 4.78 is 65.2. The molecule has 132 valence electrons. The number of nitrogens with zero attached hydrogens (tertiary/aromatic N) is 6. The van der Waals surface area contributed by atoms with Gasteiger partial charge in [-0.05, 0) is 0 Å². The van der Waals surface area contributed by atoms with Crippen molar-refractivity contribution < 1.29 is 22.0 Å². The first kappa shape index (κ1) is 17.9. The Bertz CT molecular complexity index is 696. The first-order valence-corrected chi connectivity index (χ1v) is 6.74. The molecule has 2 aromatic heterocycles. The normalized spacial score (nSPS) is 11.9. The highest BCUT2D eigenvalue weighted by molar-refractivity contribution is 5.45. The Morgan fingerprint density at radius 1 is 1.17 bits per heavy atom. The number of imidazole rings is 1. The second-order valence-electron chi connectivity index (χ2n) is 5.19. The quantitative estimate of drug-likeness (QED) is 0.776. The van der Waals surface area contributed by atoms with Gasteiger partial charge in [0.15, 0.2) is 5.69 Å². The van der Waals surface area contributed by atoms with Gasteiger partial charge in [0.2, 0.25) is 5.95 Å². The predicted octanol–water partition coefficient (Wildman–Crippen LogP) is 2.79. The lowest BCUT2D eigenvalue weighted by molar-refractivity contribution is -0.141. The van der Waals surface area contributed by atoms with Crippen molar-refractivity contribution in [3.63, 3.8) is 0 Å². The van der Waals surface area contributed by atoms with Gasteiger partial charge in [-0.3, -0.25) is 4.57 Å². The second-order valence-corrected chi connectivity index (χ2v) is 5.19. The van der Waals surface area contributed by atoms with Crippen molar-refractivity contribution >= 4 is 11.8 Å². The van der Waals surface area contributed by atoms with Crippen LogP contribution in [-0.4, -0.2) is 40.7 Å². The zero-order chi connectivity index (χ0) is 18.1. The van der Waals surface area contributed by atoms with Gasteiger partial charge in [0.25, 0.3) is 0 Å². The highest BCUT2D eigenvalue weighted by atomic mass is 19.4. The first-order valence-electron chi connectivity index (χ1n) is 6.74. The summed E-state index contributed by atoms with van der Waals surface area (Å²) in [5, 5.41) is 0. The number of anilines is 2. The van der Waals surface area contributed by atoms with Crippen molar-refractivity contribution in [3.8, 4) is 0 Å². The van der Waals surface area contributed by atoms with Crippen molar-refractivity contribution in [1.29, 1.82) is 0 Å². The monoisotopic (exact) mass is 350 g/mol. The van der Waals surface area contributed by atoms with E-state index in [1.807, 2.05) is 0 Å². The molecule has 0 saturated carbocycles. The van der Waals surface area contributed by atoms with Crippen molar-refractivity contribution in [3.05, 3.63) is 30.0 Å². The lowest BCUT2D eigenvalue weighted by Gasteiger charge is -2.21. The highest BCUT2D eigenvalue weighted by Crippen LogP contribution is 2.31. The van der Waals surface area contributed by atoms with Crippen LogP contribution in [0.2, 0.25) is 0 Å². The molecule has 0 aliphatic heterocycles. The molecule has 6 nitrogen and oxygen atoms in total. The maximum absolute atomic E-state index is 13.0. The van der Waals surface area contributed by atoms with E-state index in [1.54, 1.807) is 0 Å². The summed E-state index contributed by atoms with van der Waals surface area (Å²) >= 11 is 0. The lowest BCUT2D eigenvalue weighted by Crippen LogP contribution is -2.25. The Kier molecular flexibility index (Phi) is 4.90. The molecule has 0 unspecified atom stereocenters. The fraction of sp³-hybridized carbons (Fsp3) is 0.462. The van der Waals surface area contributed by atoms with Crippen LogP contribution < -0.4 is 9.80 Å². The van der Waals surface area contributed by atoms with E-state index < -0.39 is 18.4 Å². The average Bonchev–Trinajstić information content (AvgIpc) is 2.94. The van der Waals surface area contributed by atoms with Crippen molar-refractivity contribution in [2.24, 2.45) is 0 Å². The van der Waals surface area contributed by atoms with Crippen LogP contribution in [0.25, 0.3) is 0 Å². The van der Waals surface area contributed by atoms with E-state index in [4.69, 9.17) is 0 Å². The van der Waals surface area contributed by atoms with Gasteiger partial charge in [0.1, 0.15) is 11.6 Å². The standard InChI is InChI=1S/C13H15F5N6/c1-22(2)9-6-8(13(16,17)18)20-12(21-9)23(3)7-10-19-4-5-24(10)11(14)15/h4-6,11H,7H2,1-3H3. The molecule has 0 radical (unpaired) electrons. The molecule has 2 rings (SSSR count). The van der Waals surface area contributed by atoms with Crippen molar-refractivity contribution in [2.75, 3.05) is 30.9 Å². The molecule has 0 amide bonds. The second kappa shape index (κ2) is 6.57. The molecule has 0 spiro atoms. The predicted molar refractivity (Wildman–Crippen MR) is 76.9 cm³/mol. The third-order valence-corrected chi connectivity index (χ3v) is 3.13. The minimum Gasteiger partial charge on any atom is -0.363 e. The topological polar surface area (TPSA) is 50.1 Å². The average molecular weight is 350 g/mol. The third-order valence-electron chi connectivity index (χ3n) is 3.13. The third kappa shape index (κ3) is 3.89. The zero-order valence-corrected chi connectivity index (χ0v) is 13.1. The molecule has 0 fully saturated rings. The Hall–Kier alpha value is -2.46. The summed E-state index contributed by atoms with van der Waals surface area (Å²) in [6.07, 6.45) is -2.37. The summed E-state index contributed by atoms with van der Waals surface area (Å²) in [6.45, 7) is -2.97. The number of alkyl halides is 5. The number of aromatic nitrogens is 4. The van der Waals surface area contributed by atoms with Crippen molar-refractivity contribution in [2.45, 2.75) is 19.3 Å². The van der Waals surface area contributed by atoms with Crippen LogP contribution in [0.15, 0.2) is 18.5 Å². The van der Waals surface area contributed by atoms with Gasteiger partial charge < -0.3 is 9.80 Å². The van der Waals surface area contributed by atoms with Crippen LogP contribution in [0.1, 0.15) is 18.1 Å². The Balaban J connectivity index is 2.36. The summed E-state index contributed by atoms with van der Waals surface area (Å²) in [5.41, 5.74) is -1.11. The summed E-state index contributed by atoms with van der Waals surface area (Å²) in [7, 11) is 4.48. The molecular formula is C13H15F5N6. The van der Waals surface area contributed by atoms with Gasteiger partial charge in [-0.25, -0.2) is 9.97 Å². The van der Waals surface area contributed by atoms with Crippen LogP contribution in [0.4, 0.5) is 33.7 Å². The van der Waals surface area contributed by atoms with E-state index in [-0.39, 0.29) is 24.1 Å². The summed E-state index contributed by atoms with van der Waals surface area (Å²) in [4.78, 5) is 13.9. The van der Waals surface area contributed by atoms with E-state index in [0.717, 1.165) is 12.3 Å². The summed E-state index contributed by atoms with van der Waals surface area (Å²) in [5.74, 6) is -0.200. The number of hydrogen-bond acceptors (Lipinski definition) is 5. The molecule has 0 aromatic carbocycles. The molecule has 0 N–H and O–H groups in total. The Morgan fingerprint density at radius 2 is 1.83 bits per heavy atom. The molecular weight excluding hydrogens is 335 g/mol. The zero-order valence-electron chi connectivity index (χ0n) is 13.1. The fourth-order valence-electron chi connectivity index (χ4n) is 1.89. The lowest BCUT2D eigenvalue weighted by atomic mass is 10.3. The largest absolute Gasteiger partial charge is 0.433 e. The van der Waals surface area contributed by atoms with Crippen LogP contribution in [-0.2, 0) is 12.7 Å². The van der Waals surface area contributed by atoms with Crippen LogP contribution in [0.3, 0.4) is 0 Å². The van der Waals surface area contributed by atoms with Gasteiger partial charge in [0, 0.05) is 39.6 Å². The van der Waals surface area contributed by atoms with Gasteiger partial charge in [-0.15, -0.1) is 0 Å². The minimum absolute atomic E-state index is 0.0140. The molecule has 0 saturated heterocycles. The van der Waals surface area contributed by atoms with Crippen LogP contribution in [0.5, 0.6) is 0 Å². The smallest absolute Gasteiger partial charge is 0.363 e. The van der Waals surface area contributed by atoms with E-state index >= 15 is 0 Å². The molecule has 0 bridgehead atoms. The van der Waals surface area contributed by atoms with Gasteiger partial charge in [0.05, 0.1) is 6.54 Å². The number of halogens is 5. The Labute approximate surface area is 134 Å². The molecule has 0 aliphatic carbocycles. The van der Waals surface area contributed by atoms with E-state index in [9.17, 15) is 22.0 Å². The number of rotatable bonds is 5. The molecule has 11 heteroatoms. The highest BCUT2D eigenvalue weighted by Gasteiger charge is 2.34. The summed E-state index contributed by atoms with van der Waals surface area (Å²) in [6, 6.07) is 0.817.